The Kier molecular flexibility index (Phi) is 4.78. The van der Waals surface area contributed by atoms with Gasteiger partial charge in [-0.25, -0.2) is 4.98 Å². The number of rotatable bonds is 5. The Bertz CT molecular complexity index is 3000. The Morgan fingerprint density at radius 1 is 0.532 bits per heavy atom. The lowest BCUT2D eigenvalue weighted by atomic mass is 9.85. The maximum absolute atomic E-state index is 9.34. The van der Waals surface area contributed by atoms with Gasteiger partial charge in [0.15, 0.2) is 0 Å². The zero-order valence-electron chi connectivity index (χ0n) is 33.6. The molecule has 0 spiro atoms. The molecule has 0 N–H and O–H groups in total. The third-order valence-electron chi connectivity index (χ3n) is 8.95. The van der Waals surface area contributed by atoms with Gasteiger partial charge in [-0.05, 0) is 102 Å². The second-order valence-electron chi connectivity index (χ2n) is 11.6. The van der Waals surface area contributed by atoms with Crippen molar-refractivity contribution in [1.29, 1.82) is 0 Å². The number of hydrogen-bond acceptors (Lipinski definition) is 1. The molecule has 1 heterocycles. The lowest BCUT2D eigenvalue weighted by molar-refractivity contribution is 0.908. The van der Waals surface area contributed by atoms with Gasteiger partial charge in [0.2, 0.25) is 0 Å². The van der Waals surface area contributed by atoms with Crippen molar-refractivity contribution in [1.82, 2.24) is 9.55 Å². The van der Waals surface area contributed by atoms with Gasteiger partial charge in [0, 0.05) is 12.1 Å². The van der Waals surface area contributed by atoms with Crippen molar-refractivity contribution in [3.63, 3.8) is 0 Å². The van der Waals surface area contributed by atoms with Crippen LogP contribution in [0.4, 0.5) is 0 Å². The third-order valence-corrected chi connectivity index (χ3v) is 8.95. The van der Waals surface area contributed by atoms with Crippen LogP contribution >= 0.6 is 0 Å². The fourth-order valence-corrected chi connectivity index (χ4v) is 6.83. The minimum Gasteiger partial charge on any atom is -0.296 e. The molecule has 9 aromatic rings. The molecule has 2 nitrogen and oxygen atoms in total. The van der Waals surface area contributed by atoms with Gasteiger partial charge < -0.3 is 0 Å². The van der Waals surface area contributed by atoms with Crippen molar-refractivity contribution in [2.75, 3.05) is 0 Å². The molecule has 0 bridgehead atoms. The summed E-state index contributed by atoms with van der Waals surface area (Å²) in [6.45, 7) is 2.08. The van der Waals surface area contributed by atoms with E-state index in [1.807, 2.05) is 103 Å². The summed E-state index contributed by atoms with van der Waals surface area (Å²) in [5, 5.41) is 2.62. The minimum absolute atomic E-state index is 0.190. The zero-order chi connectivity index (χ0) is 38.3. The molecule has 2 heteroatoms. The molecule has 0 aliphatic rings. The SMILES string of the molecule is [2H]c1c([2H])c([2H])c2c(-c3ccc4ccccc4c3)c3c([2H])c([2H])c([2H])c([2H])c3c(-c3cccc(-c4cccc(-n5c(CC)nc6ccccc65)c4)c3)c2c1[2H]. The average Bonchev–Trinajstić information content (AvgIpc) is 3.61. The summed E-state index contributed by atoms with van der Waals surface area (Å²) >= 11 is 0. The Balaban J connectivity index is 1.38. The highest BCUT2D eigenvalue weighted by atomic mass is 15.1. The lowest BCUT2D eigenvalue weighted by Crippen LogP contribution is -2.00. The highest BCUT2D eigenvalue weighted by Crippen LogP contribution is 2.44. The maximum atomic E-state index is 9.34. The van der Waals surface area contributed by atoms with Gasteiger partial charge >= 0.3 is 0 Å². The first-order chi connectivity index (χ1) is 26.6. The molecule has 0 amide bonds. The largest absolute Gasteiger partial charge is 0.296 e. The van der Waals surface area contributed by atoms with E-state index in [9.17, 15) is 5.48 Å². The van der Waals surface area contributed by atoms with E-state index < -0.39 is 24.2 Å². The summed E-state index contributed by atoms with van der Waals surface area (Å²) in [6.07, 6.45) is 0.737. The van der Waals surface area contributed by atoms with Crippen molar-refractivity contribution in [3.05, 3.63) is 169 Å². The molecule has 0 aliphatic carbocycles. The Morgan fingerprint density at radius 3 is 1.81 bits per heavy atom. The van der Waals surface area contributed by atoms with Crippen molar-refractivity contribution >= 4 is 43.4 Å². The molecule has 9 rings (SSSR count). The summed E-state index contributed by atoms with van der Waals surface area (Å²) in [5.41, 5.74) is 6.35. The summed E-state index contributed by atoms with van der Waals surface area (Å²) in [7, 11) is 0. The minimum atomic E-state index is -0.424. The monoisotopic (exact) mass is 608 g/mol. The van der Waals surface area contributed by atoms with Gasteiger partial charge in [-0.1, -0.05) is 134 Å². The van der Waals surface area contributed by atoms with Gasteiger partial charge in [0.25, 0.3) is 0 Å². The first-order valence-corrected chi connectivity index (χ1v) is 15.7. The fourth-order valence-electron chi connectivity index (χ4n) is 6.83. The number of fused-ring (bicyclic) bond motifs is 4. The van der Waals surface area contributed by atoms with Gasteiger partial charge in [-0.2, -0.15) is 0 Å². The van der Waals surface area contributed by atoms with E-state index >= 15 is 0 Å². The molecule has 0 saturated heterocycles. The summed E-state index contributed by atoms with van der Waals surface area (Å²) in [4.78, 5) is 4.86. The standard InChI is InChI=1S/C45H32N2/c1-2-43-46-41-23-9-10-24-42(41)47(43)36-18-12-16-33(29-36)32-15-11-17-34(28-32)44-37-19-5-7-21-39(37)45(40-22-8-6-20-38(40)44)35-26-25-30-13-3-4-14-31(30)27-35/h3-29H,2H2,1H3/i5D,6D,7D,8D,19D,20D,21D,22D. The van der Waals surface area contributed by atoms with Crippen molar-refractivity contribution in [2.24, 2.45) is 0 Å². The molecule has 1 aromatic heterocycles. The summed E-state index contributed by atoms with van der Waals surface area (Å²) in [6, 6.07) is 34.4. The lowest BCUT2D eigenvalue weighted by Gasteiger charge is -2.18. The summed E-state index contributed by atoms with van der Waals surface area (Å²) < 4.78 is 74.6. The van der Waals surface area contributed by atoms with Crippen LogP contribution in [-0.2, 0) is 6.42 Å². The summed E-state index contributed by atoms with van der Waals surface area (Å²) in [5.74, 6) is 0.930. The van der Waals surface area contributed by atoms with Crippen LogP contribution in [0.3, 0.4) is 0 Å². The van der Waals surface area contributed by atoms with Crippen molar-refractivity contribution in [2.45, 2.75) is 13.3 Å². The molecule has 0 unspecified atom stereocenters. The van der Waals surface area contributed by atoms with E-state index in [2.05, 4.69) is 23.6 Å². The Morgan fingerprint density at radius 2 is 1.11 bits per heavy atom. The van der Waals surface area contributed by atoms with E-state index in [1.165, 1.54) is 0 Å². The van der Waals surface area contributed by atoms with Gasteiger partial charge in [-0.3, -0.25) is 4.57 Å². The number of para-hydroxylation sites is 2. The van der Waals surface area contributed by atoms with Crippen LogP contribution in [0.25, 0.3) is 82.4 Å². The van der Waals surface area contributed by atoms with Crippen LogP contribution in [0.2, 0.25) is 0 Å². The van der Waals surface area contributed by atoms with Crippen LogP contribution in [0.15, 0.2) is 164 Å². The van der Waals surface area contributed by atoms with Crippen molar-refractivity contribution < 1.29 is 11.0 Å². The van der Waals surface area contributed by atoms with E-state index in [0.717, 1.165) is 50.9 Å². The first-order valence-electron chi connectivity index (χ1n) is 19.7. The van der Waals surface area contributed by atoms with Gasteiger partial charge in [0.1, 0.15) is 5.82 Å². The van der Waals surface area contributed by atoms with E-state index in [4.69, 9.17) is 10.5 Å². The molecule has 0 saturated carbocycles. The van der Waals surface area contributed by atoms with Crippen LogP contribution in [0, 0.1) is 0 Å². The fraction of sp³-hybridized carbons (Fsp3) is 0.0444. The second kappa shape index (κ2) is 11.1. The number of benzene rings is 8. The molecule has 47 heavy (non-hydrogen) atoms. The zero-order valence-corrected chi connectivity index (χ0v) is 25.6. The number of imidazole rings is 1. The van der Waals surface area contributed by atoms with Crippen LogP contribution < -0.4 is 0 Å². The van der Waals surface area contributed by atoms with Gasteiger partial charge in [0.05, 0.1) is 22.0 Å². The molecule has 0 atom stereocenters. The number of hydrogen-bond donors (Lipinski definition) is 0. The Labute approximate surface area is 285 Å². The second-order valence-corrected chi connectivity index (χ2v) is 11.6. The predicted molar refractivity (Wildman–Crippen MR) is 199 cm³/mol. The molecule has 0 radical (unpaired) electrons. The van der Waals surface area contributed by atoms with E-state index in [0.29, 0.717) is 22.3 Å². The molecule has 0 aliphatic heterocycles. The average molecular weight is 609 g/mol. The van der Waals surface area contributed by atoms with Crippen LogP contribution in [0.1, 0.15) is 23.7 Å². The maximum Gasteiger partial charge on any atom is 0.114 e. The molecular weight excluding hydrogens is 569 g/mol. The highest BCUT2D eigenvalue weighted by molar-refractivity contribution is 6.21. The molecular formula is C45H32N2. The van der Waals surface area contributed by atoms with Gasteiger partial charge in [-0.15, -0.1) is 0 Å². The van der Waals surface area contributed by atoms with Crippen LogP contribution in [-0.4, -0.2) is 9.55 Å². The first kappa shape index (κ1) is 20.2. The quantitative estimate of drug-likeness (QED) is 0.178. The highest BCUT2D eigenvalue weighted by Gasteiger charge is 2.17. The smallest absolute Gasteiger partial charge is 0.114 e. The number of aromatic nitrogens is 2. The number of aryl methyl sites for hydroxylation is 1. The van der Waals surface area contributed by atoms with Crippen molar-refractivity contribution in [3.8, 4) is 39.1 Å². The molecule has 8 aromatic carbocycles. The predicted octanol–water partition coefficient (Wildman–Crippen LogP) is 12.0. The van der Waals surface area contributed by atoms with E-state index in [-0.39, 0.29) is 45.7 Å². The topological polar surface area (TPSA) is 17.8 Å². The van der Waals surface area contributed by atoms with E-state index in [1.54, 1.807) is 0 Å². The number of nitrogens with zero attached hydrogens (tertiary/aromatic N) is 2. The van der Waals surface area contributed by atoms with Crippen LogP contribution in [0.5, 0.6) is 0 Å². The molecule has 0 fully saturated rings. The molecule has 222 valence electrons. The Hall–Kier alpha value is -5.99. The third kappa shape index (κ3) is 4.53. The normalized spacial score (nSPS) is 14.0.